The Morgan fingerprint density at radius 1 is 1.24 bits per heavy atom. The highest BCUT2D eigenvalue weighted by molar-refractivity contribution is 6.12. The van der Waals surface area contributed by atoms with Crippen LogP contribution < -0.4 is 10.9 Å². The summed E-state index contributed by atoms with van der Waals surface area (Å²) in [4.78, 5) is 30.5. The standard InChI is InChI=1S/C23H27N3O3/c1-3-4-7-16-10-12-17(13-11-16)25-21(27)19-15(2)29-22-20(19)23(28)26(14-24-22)18-8-5-6-9-18/h10-14,18H,3-9H2,1-2H3,(H,25,27). The Bertz CT molecular complexity index is 1070. The highest BCUT2D eigenvalue weighted by atomic mass is 16.3. The largest absolute Gasteiger partial charge is 0.442 e. The third kappa shape index (κ3) is 3.84. The van der Waals surface area contributed by atoms with Crippen molar-refractivity contribution in [3.8, 4) is 0 Å². The average molecular weight is 393 g/mol. The average Bonchev–Trinajstić information content (AvgIpc) is 3.35. The zero-order valence-electron chi connectivity index (χ0n) is 17.0. The fourth-order valence-electron chi connectivity index (χ4n) is 4.16. The highest BCUT2D eigenvalue weighted by Gasteiger charge is 2.25. The number of nitrogens with one attached hydrogen (secondary N) is 1. The Balaban J connectivity index is 1.64. The molecule has 6 nitrogen and oxygen atoms in total. The number of carbonyl (C=O) groups is 1. The van der Waals surface area contributed by atoms with Crippen LogP contribution in [0.3, 0.4) is 0 Å². The lowest BCUT2D eigenvalue weighted by Crippen LogP contribution is -2.25. The number of rotatable bonds is 6. The van der Waals surface area contributed by atoms with Gasteiger partial charge in [-0.05, 0) is 50.3 Å². The van der Waals surface area contributed by atoms with Crippen molar-refractivity contribution >= 4 is 22.7 Å². The molecule has 0 spiro atoms. The fraction of sp³-hybridized carbons (Fsp3) is 0.435. The molecule has 2 aromatic heterocycles. The summed E-state index contributed by atoms with van der Waals surface area (Å²) < 4.78 is 7.30. The second-order valence-corrected chi connectivity index (χ2v) is 7.86. The van der Waals surface area contributed by atoms with Crippen molar-refractivity contribution in [2.24, 2.45) is 0 Å². The van der Waals surface area contributed by atoms with Gasteiger partial charge in [0.25, 0.3) is 11.5 Å². The lowest BCUT2D eigenvalue weighted by Gasteiger charge is -2.12. The maximum absolute atomic E-state index is 13.1. The van der Waals surface area contributed by atoms with Gasteiger partial charge in [0.05, 0.1) is 5.56 Å². The van der Waals surface area contributed by atoms with Crippen LogP contribution in [0.4, 0.5) is 5.69 Å². The van der Waals surface area contributed by atoms with Crippen LogP contribution in [-0.4, -0.2) is 15.5 Å². The third-order valence-corrected chi connectivity index (χ3v) is 5.79. The number of carbonyl (C=O) groups excluding carboxylic acids is 1. The van der Waals surface area contributed by atoms with E-state index in [1.807, 2.05) is 24.3 Å². The van der Waals surface area contributed by atoms with E-state index < -0.39 is 0 Å². The molecular formula is C23H27N3O3. The molecule has 3 aromatic rings. The van der Waals surface area contributed by atoms with Crippen molar-refractivity contribution in [3.05, 3.63) is 57.8 Å². The quantitative estimate of drug-likeness (QED) is 0.639. The molecule has 1 saturated carbocycles. The number of amides is 1. The van der Waals surface area contributed by atoms with E-state index >= 15 is 0 Å². The van der Waals surface area contributed by atoms with E-state index in [9.17, 15) is 9.59 Å². The van der Waals surface area contributed by atoms with E-state index in [4.69, 9.17) is 4.42 Å². The van der Waals surface area contributed by atoms with Crippen LogP contribution in [0.1, 0.15) is 73.2 Å². The topological polar surface area (TPSA) is 77.1 Å². The maximum Gasteiger partial charge on any atom is 0.265 e. The van der Waals surface area contributed by atoms with Gasteiger partial charge in [0.1, 0.15) is 17.5 Å². The number of fused-ring (bicyclic) bond motifs is 1. The van der Waals surface area contributed by atoms with Crippen LogP contribution in [0, 0.1) is 6.92 Å². The van der Waals surface area contributed by atoms with Gasteiger partial charge >= 0.3 is 0 Å². The van der Waals surface area contributed by atoms with Gasteiger partial charge in [-0.3, -0.25) is 14.2 Å². The van der Waals surface area contributed by atoms with Crippen molar-refractivity contribution in [3.63, 3.8) is 0 Å². The summed E-state index contributed by atoms with van der Waals surface area (Å²) in [5, 5.41) is 3.17. The van der Waals surface area contributed by atoms with Crippen molar-refractivity contribution < 1.29 is 9.21 Å². The molecule has 2 heterocycles. The second-order valence-electron chi connectivity index (χ2n) is 7.86. The van der Waals surface area contributed by atoms with Gasteiger partial charge in [-0.1, -0.05) is 38.3 Å². The van der Waals surface area contributed by atoms with Crippen LogP contribution in [0.5, 0.6) is 0 Å². The molecule has 1 amide bonds. The smallest absolute Gasteiger partial charge is 0.265 e. The van der Waals surface area contributed by atoms with E-state index in [1.54, 1.807) is 17.8 Å². The summed E-state index contributed by atoms with van der Waals surface area (Å²) in [5.74, 6) is 0.0662. The molecule has 0 saturated heterocycles. The van der Waals surface area contributed by atoms with Crippen LogP contribution in [-0.2, 0) is 6.42 Å². The van der Waals surface area contributed by atoms with Crippen molar-refractivity contribution in [1.29, 1.82) is 0 Å². The molecule has 0 atom stereocenters. The number of hydrogen-bond acceptors (Lipinski definition) is 4. The van der Waals surface area contributed by atoms with Crippen LogP contribution in [0.2, 0.25) is 0 Å². The number of nitrogens with zero attached hydrogens (tertiary/aromatic N) is 2. The van der Waals surface area contributed by atoms with E-state index in [-0.39, 0.29) is 34.2 Å². The SMILES string of the molecule is CCCCc1ccc(NC(=O)c2c(C)oc3ncn(C4CCCC4)c(=O)c23)cc1. The number of unbranched alkanes of at least 4 members (excludes halogenated alkanes) is 1. The molecule has 1 aliphatic rings. The van der Waals surface area contributed by atoms with Gasteiger partial charge in [0.15, 0.2) is 0 Å². The minimum Gasteiger partial charge on any atom is -0.442 e. The van der Waals surface area contributed by atoms with E-state index in [0.29, 0.717) is 11.4 Å². The molecule has 0 aliphatic heterocycles. The minimum absolute atomic E-state index is 0.154. The molecular weight excluding hydrogens is 366 g/mol. The van der Waals surface area contributed by atoms with Crippen molar-refractivity contribution in [2.45, 2.75) is 64.8 Å². The Morgan fingerprint density at radius 2 is 1.97 bits per heavy atom. The van der Waals surface area contributed by atoms with Gasteiger partial charge in [0, 0.05) is 11.7 Å². The highest BCUT2D eigenvalue weighted by Crippen LogP contribution is 2.29. The molecule has 0 unspecified atom stereocenters. The normalized spacial score (nSPS) is 14.6. The Labute approximate surface area is 169 Å². The summed E-state index contributed by atoms with van der Waals surface area (Å²) in [7, 11) is 0. The molecule has 1 fully saturated rings. The van der Waals surface area contributed by atoms with Crippen molar-refractivity contribution in [1.82, 2.24) is 9.55 Å². The zero-order chi connectivity index (χ0) is 20.4. The van der Waals surface area contributed by atoms with E-state index in [1.165, 1.54) is 5.56 Å². The molecule has 1 aliphatic carbocycles. The first-order valence-corrected chi connectivity index (χ1v) is 10.5. The Kier molecular flexibility index (Phi) is 5.51. The number of furan rings is 1. The van der Waals surface area contributed by atoms with E-state index in [2.05, 4.69) is 17.2 Å². The first kappa shape index (κ1) is 19.4. The molecule has 152 valence electrons. The molecule has 0 bridgehead atoms. The van der Waals surface area contributed by atoms with Crippen molar-refractivity contribution in [2.75, 3.05) is 5.32 Å². The summed E-state index contributed by atoms with van der Waals surface area (Å²) in [6.45, 7) is 3.87. The zero-order valence-corrected chi connectivity index (χ0v) is 17.0. The van der Waals surface area contributed by atoms with Gasteiger partial charge < -0.3 is 9.73 Å². The van der Waals surface area contributed by atoms with E-state index in [0.717, 1.165) is 44.9 Å². The van der Waals surface area contributed by atoms with Gasteiger partial charge in [-0.15, -0.1) is 0 Å². The van der Waals surface area contributed by atoms with Gasteiger partial charge in [0.2, 0.25) is 5.71 Å². The summed E-state index contributed by atoms with van der Waals surface area (Å²) in [5.41, 5.74) is 2.25. The summed E-state index contributed by atoms with van der Waals surface area (Å²) in [6, 6.07) is 8.01. The molecule has 0 radical (unpaired) electrons. The Morgan fingerprint density at radius 3 is 2.66 bits per heavy atom. The third-order valence-electron chi connectivity index (χ3n) is 5.79. The monoisotopic (exact) mass is 393 g/mol. The molecule has 29 heavy (non-hydrogen) atoms. The number of benzene rings is 1. The predicted molar refractivity (Wildman–Crippen MR) is 114 cm³/mol. The number of hydrogen-bond donors (Lipinski definition) is 1. The Hall–Kier alpha value is -2.89. The maximum atomic E-state index is 13.1. The summed E-state index contributed by atoms with van der Waals surface area (Å²) in [6.07, 6.45) is 9.04. The molecule has 4 rings (SSSR count). The number of aryl methyl sites for hydroxylation is 2. The number of anilines is 1. The van der Waals surface area contributed by atoms with Crippen LogP contribution >= 0.6 is 0 Å². The summed E-state index contributed by atoms with van der Waals surface area (Å²) >= 11 is 0. The predicted octanol–water partition coefficient (Wildman–Crippen LogP) is 5.01. The molecule has 1 N–H and O–H groups in total. The lowest BCUT2D eigenvalue weighted by atomic mass is 10.1. The van der Waals surface area contributed by atoms with Crippen LogP contribution in [0.25, 0.3) is 11.1 Å². The minimum atomic E-state index is -0.342. The fourth-order valence-corrected chi connectivity index (χ4v) is 4.16. The second kappa shape index (κ2) is 8.23. The molecule has 6 heteroatoms. The first-order valence-electron chi connectivity index (χ1n) is 10.5. The molecule has 1 aromatic carbocycles. The van der Waals surface area contributed by atoms with Gasteiger partial charge in [-0.25, -0.2) is 4.98 Å². The first-order chi connectivity index (χ1) is 14.1. The van der Waals surface area contributed by atoms with Crippen LogP contribution in [0.15, 0.2) is 39.8 Å². The van der Waals surface area contributed by atoms with Gasteiger partial charge in [-0.2, -0.15) is 0 Å². The lowest BCUT2D eigenvalue weighted by molar-refractivity contribution is 0.102. The number of aromatic nitrogens is 2.